The van der Waals surface area contributed by atoms with Gasteiger partial charge >= 0.3 is 6.03 Å². The van der Waals surface area contributed by atoms with Gasteiger partial charge in [-0.3, -0.25) is 0 Å². The summed E-state index contributed by atoms with van der Waals surface area (Å²) in [7, 11) is 1.55. The van der Waals surface area contributed by atoms with Gasteiger partial charge in [-0.2, -0.15) is 9.78 Å². The molecule has 1 heterocycles. The molecule has 4 heteroatoms. The van der Waals surface area contributed by atoms with Gasteiger partial charge in [0.1, 0.15) is 0 Å². The van der Waals surface area contributed by atoms with Gasteiger partial charge in [-0.15, -0.1) is 0 Å². The highest BCUT2D eigenvalue weighted by Gasteiger charge is 2.04. The molecule has 0 aliphatic rings. The van der Waals surface area contributed by atoms with E-state index in [4.69, 9.17) is 0 Å². The van der Waals surface area contributed by atoms with Crippen LogP contribution in [-0.2, 0) is 0 Å². The average Bonchev–Trinajstić information content (AvgIpc) is 2.50. The number of hydrogen-bond acceptors (Lipinski definition) is 2. The van der Waals surface area contributed by atoms with Crippen LogP contribution in [0.4, 0.5) is 4.79 Å². The Morgan fingerprint density at radius 3 is 3.18 bits per heavy atom. The van der Waals surface area contributed by atoms with Crippen molar-refractivity contribution in [3.8, 4) is 0 Å². The van der Waals surface area contributed by atoms with Crippen LogP contribution in [0.15, 0.2) is 18.8 Å². The molecule has 0 unspecified atom stereocenters. The van der Waals surface area contributed by atoms with Crippen molar-refractivity contribution < 1.29 is 4.79 Å². The summed E-state index contributed by atoms with van der Waals surface area (Å²) in [5.41, 5.74) is 0.685. The molecule has 4 nitrogen and oxygen atoms in total. The number of rotatable bonds is 1. The number of carbonyl (C=O) groups excluding carboxylic acids is 1. The fourth-order valence-corrected chi connectivity index (χ4v) is 0.744. The molecule has 0 saturated carbocycles. The summed E-state index contributed by atoms with van der Waals surface area (Å²) in [6.07, 6.45) is 3.12. The zero-order chi connectivity index (χ0) is 8.27. The van der Waals surface area contributed by atoms with Gasteiger partial charge in [-0.1, -0.05) is 6.58 Å². The smallest absolute Gasteiger partial charge is 0.339 e. The molecule has 1 rings (SSSR count). The Bertz CT molecular complexity index is 277. The Hall–Kier alpha value is -1.58. The maximum Gasteiger partial charge on any atom is 0.342 e. The van der Waals surface area contributed by atoms with Gasteiger partial charge in [-0.05, 0) is 12.1 Å². The van der Waals surface area contributed by atoms with Crippen LogP contribution in [0.1, 0.15) is 5.69 Å². The Morgan fingerprint density at radius 1 is 1.91 bits per heavy atom. The molecular formula is C7H9N3O. The third-order valence-corrected chi connectivity index (χ3v) is 1.29. The monoisotopic (exact) mass is 151 g/mol. The van der Waals surface area contributed by atoms with Crippen molar-refractivity contribution in [3.63, 3.8) is 0 Å². The Kier molecular flexibility index (Phi) is 2.06. The molecule has 0 spiro atoms. The Labute approximate surface area is 64.5 Å². The molecule has 58 valence electrons. The largest absolute Gasteiger partial charge is 0.342 e. The first kappa shape index (κ1) is 7.53. The first-order chi connectivity index (χ1) is 5.29. The van der Waals surface area contributed by atoms with Gasteiger partial charge in [0.05, 0.1) is 11.9 Å². The molecule has 1 aromatic rings. The van der Waals surface area contributed by atoms with E-state index in [1.54, 1.807) is 25.4 Å². The zero-order valence-electron chi connectivity index (χ0n) is 6.24. The summed E-state index contributed by atoms with van der Waals surface area (Å²) >= 11 is 0. The van der Waals surface area contributed by atoms with Gasteiger partial charge in [0, 0.05) is 7.05 Å². The summed E-state index contributed by atoms with van der Waals surface area (Å²) in [4.78, 5) is 11.0. The fourth-order valence-electron chi connectivity index (χ4n) is 0.744. The lowest BCUT2D eigenvalue weighted by atomic mass is 10.4. The van der Waals surface area contributed by atoms with Crippen molar-refractivity contribution in [3.05, 3.63) is 24.5 Å². The first-order valence-corrected chi connectivity index (χ1v) is 3.18. The van der Waals surface area contributed by atoms with Crippen molar-refractivity contribution in [2.45, 2.75) is 0 Å². The molecule has 0 fully saturated rings. The Balaban J connectivity index is 3.01. The number of hydrogen-bond donors (Lipinski definition) is 1. The van der Waals surface area contributed by atoms with Crippen molar-refractivity contribution in [2.75, 3.05) is 7.05 Å². The van der Waals surface area contributed by atoms with Gasteiger partial charge in [0.15, 0.2) is 0 Å². The molecule has 1 aromatic heterocycles. The Morgan fingerprint density at radius 2 is 2.64 bits per heavy atom. The van der Waals surface area contributed by atoms with Crippen molar-refractivity contribution in [2.24, 2.45) is 0 Å². The van der Waals surface area contributed by atoms with Gasteiger partial charge in [0.25, 0.3) is 0 Å². The SMILES string of the molecule is C=Cc1ccnn1C(=O)NC. The maximum absolute atomic E-state index is 11.0. The average molecular weight is 151 g/mol. The van der Waals surface area contributed by atoms with Crippen LogP contribution < -0.4 is 5.32 Å². The fraction of sp³-hybridized carbons (Fsp3) is 0.143. The second-order valence-corrected chi connectivity index (χ2v) is 1.93. The molecule has 0 aromatic carbocycles. The summed E-state index contributed by atoms with van der Waals surface area (Å²) < 4.78 is 1.24. The maximum atomic E-state index is 11.0. The number of aromatic nitrogens is 2. The molecule has 0 radical (unpaired) electrons. The number of nitrogens with one attached hydrogen (secondary N) is 1. The van der Waals surface area contributed by atoms with E-state index >= 15 is 0 Å². The highest BCUT2D eigenvalue weighted by molar-refractivity contribution is 5.77. The van der Waals surface area contributed by atoms with Crippen LogP contribution in [0.5, 0.6) is 0 Å². The molecule has 0 aliphatic heterocycles. The second kappa shape index (κ2) is 3.01. The summed E-state index contributed by atoms with van der Waals surface area (Å²) in [5.74, 6) is 0. The van der Waals surface area contributed by atoms with E-state index in [1.165, 1.54) is 4.68 Å². The van der Waals surface area contributed by atoms with E-state index in [0.29, 0.717) is 5.69 Å². The van der Waals surface area contributed by atoms with Gasteiger partial charge in [0.2, 0.25) is 0 Å². The second-order valence-electron chi connectivity index (χ2n) is 1.93. The van der Waals surface area contributed by atoms with Gasteiger partial charge < -0.3 is 5.32 Å². The minimum absolute atomic E-state index is 0.259. The predicted octanol–water partition coefficient (Wildman–Crippen LogP) is 0.714. The zero-order valence-corrected chi connectivity index (χ0v) is 6.24. The quantitative estimate of drug-likeness (QED) is 0.642. The molecular weight excluding hydrogens is 142 g/mol. The van der Waals surface area contributed by atoms with Crippen LogP contribution in [0.2, 0.25) is 0 Å². The van der Waals surface area contributed by atoms with E-state index in [2.05, 4.69) is 17.0 Å². The molecule has 0 bridgehead atoms. The van der Waals surface area contributed by atoms with Crippen LogP contribution in [0.25, 0.3) is 6.08 Å². The molecule has 1 amide bonds. The van der Waals surface area contributed by atoms with E-state index in [0.717, 1.165) is 0 Å². The van der Waals surface area contributed by atoms with Crippen molar-refractivity contribution in [1.29, 1.82) is 0 Å². The van der Waals surface area contributed by atoms with Crippen LogP contribution in [-0.4, -0.2) is 22.9 Å². The van der Waals surface area contributed by atoms with Crippen molar-refractivity contribution in [1.82, 2.24) is 15.1 Å². The summed E-state index contributed by atoms with van der Waals surface area (Å²) in [5, 5.41) is 6.25. The van der Waals surface area contributed by atoms with Crippen LogP contribution in [0.3, 0.4) is 0 Å². The van der Waals surface area contributed by atoms with E-state index in [1.807, 2.05) is 0 Å². The highest BCUT2D eigenvalue weighted by atomic mass is 16.2. The number of nitrogens with zero attached hydrogens (tertiary/aromatic N) is 2. The summed E-state index contributed by atoms with van der Waals surface area (Å²) in [6, 6.07) is 1.45. The highest BCUT2D eigenvalue weighted by Crippen LogP contribution is 1.98. The molecule has 0 atom stereocenters. The first-order valence-electron chi connectivity index (χ1n) is 3.18. The number of carbonyl (C=O) groups is 1. The standard InChI is InChI=1S/C7H9N3O/c1-3-6-4-5-9-10(6)7(11)8-2/h3-5H,1H2,2H3,(H,8,11). The van der Waals surface area contributed by atoms with Crippen molar-refractivity contribution >= 4 is 12.1 Å². The minimum Gasteiger partial charge on any atom is -0.339 e. The molecule has 0 aliphatic carbocycles. The van der Waals surface area contributed by atoms with E-state index in [9.17, 15) is 4.79 Å². The lowest BCUT2D eigenvalue weighted by molar-refractivity contribution is 0.241. The molecule has 1 N–H and O–H groups in total. The molecule has 11 heavy (non-hydrogen) atoms. The predicted molar refractivity (Wildman–Crippen MR) is 42.2 cm³/mol. The normalized spacial score (nSPS) is 9.18. The topological polar surface area (TPSA) is 46.9 Å². The van der Waals surface area contributed by atoms with E-state index in [-0.39, 0.29) is 6.03 Å². The van der Waals surface area contributed by atoms with Gasteiger partial charge in [-0.25, -0.2) is 4.79 Å². The summed E-state index contributed by atoms with van der Waals surface area (Å²) in [6.45, 7) is 3.54. The third kappa shape index (κ3) is 1.29. The lowest BCUT2D eigenvalue weighted by Gasteiger charge is -1.99. The number of amides is 1. The van der Waals surface area contributed by atoms with Crippen LogP contribution in [0, 0.1) is 0 Å². The molecule has 0 saturated heterocycles. The van der Waals surface area contributed by atoms with Crippen LogP contribution >= 0.6 is 0 Å². The van der Waals surface area contributed by atoms with E-state index < -0.39 is 0 Å². The lowest BCUT2D eigenvalue weighted by Crippen LogP contribution is -2.26. The third-order valence-electron chi connectivity index (χ3n) is 1.29. The minimum atomic E-state index is -0.259.